The molecule has 0 N–H and O–H groups in total. The van der Waals surface area contributed by atoms with Gasteiger partial charge < -0.3 is 9.80 Å². The first-order chi connectivity index (χ1) is 13.3. The zero-order valence-corrected chi connectivity index (χ0v) is 16.8. The molecule has 4 amide bonds. The van der Waals surface area contributed by atoms with Gasteiger partial charge in [-0.25, -0.2) is 13.2 Å². The predicted octanol–water partition coefficient (Wildman–Crippen LogP) is -1.07. The number of carbonyl (C=O) groups excluding carboxylic acids is 3. The summed E-state index contributed by atoms with van der Waals surface area (Å²) in [6, 6.07) is -0.547. The number of rotatable bonds is 3. The molecule has 1 aromatic heterocycles. The molecule has 2 aliphatic heterocycles. The van der Waals surface area contributed by atoms with Gasteiger partial charge in [-0.05, 0) is 13.3 Å². The Morgan fingerprint density at radius 2 is 1.82 bits per heavy atom. The fourth-order valence-electron chi connectivity index (χ4n) is 3.34. The van der Waals surface area contributed by atoms with Crippen LogP contribution in [0.15, 0.2) is 17.3 Å². The molecule has 0 aromatic carbocycles. The summed E-state index contributed by atoms with van der Waals surface area (Å²) in [5.41, 5.74) is 0. The quantitative estimate of drug-likeness (QED) is 0.584. The van der Waals surface area contributed by atoms with Crippen molar-refractivity contribution in [1.82, 2.24) is 28.8 Å². The lowest BCUT2D eigenvalue weighted by atomic mass is 10.3. The summed E-state index contributed by atoms with van der Waals surface area (Å²) >= 11 is 0. The van der Waals surface area contributed by atoms with E-state index in [1.807, 2.05) is 0 Å². The number of sulfonamides is 1. The van der Waals surface area contributed by atoms with Crippen LogP contribution in [-0.4, -0.2) is 101 Å². The van der Waals surface area contributed by atoms with E-state index >= 15 is 0 Å². The number of hydrogen-bond donors (Lipinski definition) is 0. The van der Waals surface area contributed by atoms with Crippen molar-refractivity contribution in [3.8, 4) is 0 Å². The second-order valence-corrected chi connectivity index (χ2v) is 8.66. The Hall–Kier alpha value is -2.47. The van der Waals surface area contributed by atoms with Crippen LogP contribution in [-0.2, 0) is 26.7 Å². The second kappa shape index (κ2) is 7.87. The molecule has 2 saturated heterocycles. The van der Waals surface area contributed by atoms with E-state index in [0.717, 1.165) is 4.90 Å². The molecule has 3 heterocycles. The van der Waals surface area contributed by atoms with Gasteiger partial charge in [0.25, 0.3) is 0 Å². The van der Waals surface area contributed by atoms with Gasteiger partial charge in [0.05, 0.1) is 6.20 Å². The lowest BCUT2D eigenvalue weighted by molar-refractivity contribution is -0.153. The van der Waals surface area contributed by atoms with E-state index in [4.69, 9.17) is 0 Å². The van der Waals surface area contributed by atoms with E-state index in [1.165, 1.54) is 31.2 Å². The minimum atomic E-state index is -3.70. The summed E-state index contributed by atoms with van der Waals surface area (Å²) in [4.78, 5) is 40.9. The van der Waals surface area contributed by atoms with Crippen LogP contribution in [0.1, 0.15) is 13.3 Å². The van der Waals surface area contributed by atoms with E-state index in [1.54, 1.807) is 14.0 Å². The third-order valence-corrected chi connectivity index (χ3v) is 6.82. The van der Waals surface area contributed by atoms with Gasteiger partial charge in [0.1, 0.15) is 4.90 Å². The standard InChI is InChI=1S/C16H24N6O5S/c1-3-19-8-10-22(15(24)14(19)23)16(25)20-5-4-6-21(9-7-20)28(26,27)13-11-17-18(2)12-13/h11-12H,3-10H2,1-2H3. The third-order valence-electron chi connectivity index (χ3n) is 4.97. The molecule has 2 aliphatic rings. The Kier molecular flexibility index (Phi) is 5.70. The summed E-state index contributed by atoms with van der Waals surface area (Å²) < 4.78 is 28.2. The smallest absolute Gasteiger partial charge is 0.327 e. The molecule has 0 aliphatic carbocycles. The number of aromatic nitrogens is 2. The molecule has 2 fully saturated rings. The lowest BCUT2D eigenvalue weighted by Crippen LogP contribution is -2.59. The normalized spacial score (nSPS) is 19.9. The molecule has 154 valence electrons. The minimum absolute atomic E-state index is 0.103. The van der Waals surface area contributed by atoms with E-state index in [0.29, 0.717) is 26.1 Å². The molecule has 3 rings (SSSR count). The molecular formula is C16H24N6O5S. The molecule has 0 saturated carbocycles. The Labute approximate surface area is 163 Å². The maximum atomic E-state index is 12.8. The average Bonchev–Trinajstić information content (AvgIpc) is 2.96. The molecule has 0 atom stereocenters. The molecule has 11 nitrogen and oxygen atoms in total. The molecule has 0 radical (unpaired) electrons. The highest BCUT2D eigenvalue weighted by molar-refractivity contribution is 7.89. The van der Waals surface area contributed by atoms with Crippen molar-refractivity contribution in [3.05, 3.63) is 12.4 Å². The molecule has 0 unspecified atom stereocenters. The van der Waals surface area contributed by atoms with Crippen LogP contribution in [0.4, 0.5) is 4.79 Å². The molecule has 0 spiro atoms. The Balaban J connectivity index is 1.67. The number of likely N-dealkylation sites (N-methyl/N-ethyl adjacent to an activating group) is 1. The van der Waals surface area contributed by atoms with Crippen LogP contribution >= 0.6 is 0 Å². The van der Waals surface area contributed by atoms with Crippen LogP contribution in [0.3, 0.4) is 0 Å². The Bertz CT molecular complexity index is 882. The number of piperazine rings is 1. The monoisotopic (exact) mass is 412 g/mol. The molecule has 12 heteroatoms. The zero-order chi connectivity index (χ0) is 20.5. The molecule has 0 bridgehead atoms. The molecular weight excluding hydrogens is 388 g/mol. The van der Waals surface area contributed by atoms with Crippen molar-refractivity contribution < 1.29 is 22.8 Å². The SMILES string of the molecule is CCN1CCN(C(=O)N2CCCN(S(=O)(=O)c3cnn(C)c3)CC2)C(=O)C1=O. The van der Waals surface area contributed by atoms with Gasteiger partial charge in [-0.3, -0.25) is 19.2 Å². The maximum Gasteiger partial charge on any atom is 0.327 e. The first-order valence-corrected chi connectivity index (χ1v) is 10.6. The second-order valence-electron chi connectivity index (χ2n) is 6.72. The van der Waals surface area contributed by atoms with Crippen molar-refractivity contribution in [2.45, 2.75) is 18.2 Å². The summed E-state index contributed by atoms with van der Waals surface area (Å²) in [6.45, 7) is 3.47. The summed E-state index contributed by atoms with van der Waals surface area (Å²) in [6.07, 6.45) is 3.16. The maximum absolute atomic E-state index is 12.8. The van der Waals surface area contributed by atoms with Crippen LogP contribution in [0, 0.1) is 0 Å². The van der Waals surface area contributed by atoms with Gasteiger partial charge in [-0.2, -0.15) is 9.40 Å². The van der Waals surface area contributed by atoms with Crippen molar-refractivity contribution in [3.63, 3.8) is 0 Å². The first-order valence-electron chi connectivity index (χ1n) is 9.14. The van der Waals surface area contributed by atoms with Gasteiger partial charge in [0, 0.05) is 59.1 Å². The first kappa shape index (κ1) is 20.3. The number of aryl methyl sites for hydroxylation is 1. The minimum Gasteiger partial charge on any atom is -0.333 e. The van der Waals surface area contributed by atoms with E-state index in [2.05, 4.69) is 5.10 Å². The van der Waals surface area contributed by atoms with Crippen molar-refractivity contribution in [2.75, 3.05) is 45.8 Å². The fraction of sp³-hybridized carbons (Fsp3) is 0.625. The highest BCUT2D eigenvalue weighted by atomic mass is 32.2. The predicted molar refractivity (Wildman–Crippen MR) is 97.5 cm³/mol. The number of urea groups is 1. The van der Waals surface area contributed by atoms with E-state index < -0.39 is 27.9 Å². The number of imide groups is 1. The van der Waals surface area contributed by atoms with Gasteiger partial charge in [0.2, 0.25) is 10.0 Å². The Morgan fingerprint density at radius 3 is 2.46 bits per heavy atom. The van der Waals surface area contributed by atoms with Crippen LogP contribution in [0.5, 0.6) is 0 Å². The largest absolute Gasteiger partial charge is 0.333 e. The summed E-state index contributed by atoms with van der Waals surface area (Å²) in [7, 11) is -2.06. The molecule has 28 heavy (non-hydrogen) atoms. The van der Waals surface area contributed by atoms with Crippen molar-refractivity contribution >= 4 is 27.9 Å². The highest BCUT2D eigenvalue weighted by Gasteiger charge is 2.38. The van der Waals surface area contributed by atoms with Gasteiger partial charge in [-0.1, -0.05) is 0 Å². The van der Waals surface area contributed by atoms with Crippen molar-refractivity contribution in [2.24, 2.45) is 7.05 Å². The molecule has 1 aromatic rings. The number of hydrogen-bond acceptors (Lipinski definition) is 6. The number of nitrogens with zero attached hydrogens (tertiary/aromatic N) is 6. The fourth-order valence-corrected chi connectivity index (χ4v) is 4.79. The van der Waals surface area contributed by atoms with Gasteiger partial charge in [0.15, 0.2) is 0 Å². The van der Waals surface area contributed by atoms with Crippen LogP contribution in [0.25, 0.3) is 0 Å². The van der Waals surface area contributed by atoms with Gasteiger partial charge >= 0.3 is 17.8 Å². The van der Waals surface area contributed by atoms with E-state index in [-0.39, 0.29) is 31.1 Å². The number of carbonyl (C=O) groups is 3. The summed E-state index contributed by atoms with van der Waals surface area (Å²) in [5, 5.41) is 3.90. The van der Waals surface area contributed by atoms with E-state index in [9.17, 15) is 22.8 Å². The van der Waals surface area contributed by atoms with Gasteiger partial charge in [-0.15, -0.1) is 0 Å². The number of amides is 4. The van der Waals surface area contributed by atoms with Crippen LogP contribution in [0.2, 0.25) is 0 Å². The Morgan fingerprint density at radius 1 is 1.07 bits per heavy atom. The highest BCUT2D eigenvalue weighted by Crippen LogP contribution is 2.18. The van der Waals surface area contributed by atoms with Crippen molar-refractivity contribution in [1.29, 1.82) is 0 Å². The third kappa shape index (κ3) is 3.74. The topological polar surface area (TPSA) is 116 Å². The summed E-state index contributed by atoms with van der Waals surface area (Å²) in [5.74, 6) is -1.51. The average molecular weight is 412 g/mol. The van der Waals surface area contributed by atoms with Crippen LogP contribution < -0.4 is 0 Å². The lowest BCUT2D eigenvalue weighted by Gasteiger charge is -2.34. The zero-order valence-electron chi connectivity index (χ0n) is 15.9.